The molecule has 0 unspecified atom stereocenters. The molecule has 1 aliphatic heterocycles. The van der Waals surface area contributed by atoms with Crippen LogP contribution in [0.1, 0.15) is 6.92 Å². The van der Waals surface area contributed by atoms with Crippen LogP contribution in [-0.2, 0) is 4.79 Å². The van der Waals surface area contributed by atoms with Crippen molar-refractivity contribution in [2.45, 2.75) is 6.92 Å². The molecule has 0 radical (unpaired) electrons. The number of carbonyl (C=O) groups excluding carboxylic acids is 2. The predicted molar refractivity (Wildman–Crippen MR) is 86.7 cm³/mol. The fraction of sp³-hybridized carbons (Fsp3) is 0.294. The Bertz CT molecular complexity index is 703. The molecule has 0 aliphatic carbocycles. The van der Waals surface area contributed by atoms with Crippen LogP contribution in [0.2, 0.25) is 0 Å². The van der Waals surface area contributed by atoms with Crippen molar-refractivity contribution in [1.82, 2.24) is 10.2 Å². The summed E-state index contributed by atoms with van der Waals surface area (Å²) in [4.78, 5) is 25.6. The minimum absolute atomic E-state index is 0.0247. The lowest BCUT2D eigenvalue weighted by atomic mass is 10.00. The Morgan fingerprint density at radius 1 is 1.14 bits per heavy atom. The summed E-state index contributed by atoms with van der Waals surface area (Å²) in [6.07, 6.45) is 0. The van der Waals surface area contributed by atoms with Crippen molar-refractivity contribution in [2.24, 2.45) is 5.92 Å². The molecular weight excluding hydrogens is 278 g/mol. The molecule has 5 heteroatoms. The van der Waals surface area contributed by atoms with E-state index >= 15 is 0 Å². The molecule has 0 bridgehead atoms. The summed E-state index contributed by atoms with van der Waals surface area (Å²) in [5.41, 5.74) is 0.796. The van der Waals surface area contributed by atoms with Crippen LogP contribution < -0.4 is 10.6 Å². The average molecular weight is 297 g/mol. The number of hydrogen-bond acceptors (Lipinski definition) is 2. The fourth-order valence-electron chi connectivity index (χ4n) is 2.66. The fourth-order valence-corrected chi connectivity index (χ4v) is 2.66. The smallest absolute Gasteiger partial charge is 0.321 e. The van der Waals surface area contributed by atoms with Gasteiger partial charge < -0.3 is 15.5 Å². The van der Waals surface area contributed by atoms with Gasteiger partial charge in [0.1, 0.15) is 0 Å². The third-order valence-electron chi connectivity index (χ3n) is 3.92. The van der Waals surface area contributed by atoms with Gasteiger partial charge in [-0.2, -0.15) is 0 Å². The largest absolute Gasteiger partial charge is 0.356 e. The zero-order valence-corrected chi connectivity index (χ0v) is 12.5. The summed E-state index contributed by atoms with van der Waals surface area (Å²) in [6.45, 7) is 3.46. The molecule has 1 saturated heterocycles. The summed E-state index contributed by atoms with van der Waals surface area (Å²) in [5, 5.41) is 7.82. The second-order valence-electron chi connectivity index (χ2n) is 5.45. The summed E-state index contributed by atoms with van der Waals surface area (Å²) < 4.78 is 0. The van der Waals surface area contributed by atoms with Gasteiger partial charge in [-0.3, -0.25) is 4.79 Å². The molecule has 1 fully saturated rings. The normalized spacial score (nSPS) is 14.5. The number of anilines is 1. The summed E-state index contributed by atoms with van der Waals surface area (Å²) in [6, 6.07) is 13.6. The third kappa shape index (κ3) is 2.74. The van der Waals surface area contributed by atoms with Crippen molar-refractivity contribution in [3.63, 3.8) is 0 Å². The van der Waals surface area contributed by atoms with Gasteiger partial charge in [0.05, 0.1) is 11.6 Å². The monoisotopic (exact) mass is 297 g/mol. The van der Waals surface area contributed by atoms with E-state index in [2.05, 4.69) is 10.6 Å². The molecular formula is C17H19N3O2. The zero-order chi connectivity index (χ0) is 15.5. The van der Waals surface area contributed by atoms with E-state index in [0.29, 0.717) is 19.6 Å². The predicted octanol–water partition coefficient (Wildman–Crippen LogP) is 2.44. The maximum atomic E-state index is 12.2. The molecule has 2 N–H and O–H groups in total. The minimum atomic E-state index is -0.156. The van der Waals surface area contributed by atoms with Crippen molar-refractivity contribution in [3.05, 3.63) is 42.5 Å². The maximum absolute atomic E-state index is 12.2. The third-order valence-corrected chi connectivity index (χ3v) is 3.92. The molecule has 0 atom stereocenters. The van der Waals surface area contributed by atoms with Crippen LogP contribution in [0.3, 0.4) is 0 Å². The zero-order valence-electron chi connectivity index (χ0n) is 12.5. The first kappa shape index (κ1) is 14.4. The molecule has 0 saturated carbocycles. The molecule has 5 nitrogen and oxygen atoms in total. The molecule has 0 aromatic heterocycles. The highest BCUT2D eigenvalue weighted by Crippen LogP contribution is 2.24. The van der Waals surface area contributed by atoms with Gasteiger partial charge >= 0.3 is 6.03 Å². The molecule has 2 aromatic rings. The van der Waals surface area contributed by atoms with E-state index in [4.69, 9.17) is 0 Å². The Balaban J connectivity index is 1.64. The van der Waals surface area contributed by atoms with Crippen LogP contribution >= 0.6 is 0 Å². The first-order valence-corrected chi connectivity index (χ1v) is 7.50. The minimum Gasteiger partial charge on any atom is -0.356 e. The standard InChI is InChI=1S/C17H19N3O2/c1-2-18-16(21)13-10-20(11-13)17(22)19-15-9-5-7-12-6-3-4-8-14(12)15/h3-9,13H,2,10-11H2,1H3,(H,18,21)(H,19,22). The van der Waals surface area contributed by atoms with Crippen LogP contribution in [0.4, 0.5) is 10.5 Å². The van der Waals surface area contributed by atoms with Crippen LogP contribution in [0, 0.1) is 5.92 Å². The number of likely N-dealkylation sites (tertiary alicyclic amines) is 1. The molecule has 22 heavy (non-hydrogen) atoms. The van der Waals surface area contributed by atoms with Crippen LogP contribution in [0.25, 0.3) is 10.8 Å². The van der Waals surface area contributed by atoms with Gasteiger partial charge in [-0.1, -0.05) is 36.4 Å². The number of fused-ring (bicyclic) bond motifs is 1. The van der Waals surface area contributed by atoms with E-state index in [1.165, 1.54) is 0 Å². The van der Waals surface area contributed by atoms with Crippen LogP contribution in [0.15, 0.2) is 42.5 Å². The second-order valence-corrected chi connectivity index (χ2v) is 5.45. The number of nitrogens with one attached hydrogen (secondary N) is 2. The molecule has 0 spiro atoms. The summed E-state index contributed by atoms with van der Waals surface area (Å²) >= 11 is 0. The number of urea groups is 1. The highest BCUT2D eigenvalue weighted by molar-refractivity contribution is 6.02. The molecule has 3 amide bonds. The Hall–Kier alpha value is -2.56. The Kier molecular flexibility index (Phi) is 3.96. The van der Waals surface area contributed by atoms with Gasteiger partial charge in [0.25, 0.3) is 0 Å². The lowest BCUT2D eigenvalue weighted by molar-refractivity contribution is -0.128. The van der Waals surface area contributed by atoms with Gasteiger partial charge in [-0.25, -0.2) is 4.79 Å². The van der Waals surface area contributed by atoms with E-state index in [9.17, 15) is 9.59 Å². The van der Waals surface area contributed by atoms with Crippen molar-refractivity contribution >= 4 is 28.4 Å². The first-order chi connectivity index (χ1) is 10.7. The van der Waals surface area contributed by atoms with Gasteiger partial charge in [0.2, 0.25) is 5.91 Å². The number of amides is 3. The summed E-state index contributed by atoms with van der Waals surface area (Å²) in [7, 11) is 0. The number of nitrogens with zero attached hydrogens (tertiary/aromatic N) is 1. The molecule has 2 aromatic carbocycles. The number of rotatable bonds is 3. The average Bonchev–Trinajstić information content (AvgIpc) is 2.46. The molecule has 3 rings (SSSR count). The molecule has 1 aliphatic rings. The Morgan fingerprint density at radius 3 is 2.64 bits per heavy atom. The number of hydrogen-bond donors (Lipinski definition) is 2. The van der Waals surface area contributed by atoms with Gasteiger partial charge in [0, 0.05) is 25.0 Å². The van der Waals surface area contributed by atoms with Crippen molar-refractivity contribution in [3.8, 4) is 0 Å². The van der Waals surface area contributed by atoms with Gasteiger partial charge in [-0.05, 0) is 18.4 Å². The Labute approximate surface area is 129 Å². The summed E-state index contributed by atoms with van der Waals surface area (Å²) in [5.74, 6) is -0.0603. The number of benzene rings is 2. The van der Waals surface area contributed by atoms with Gasteiger partial charge in [-0.15, -0.1) is 0 Å². The van der Waals surface area contributed by atoms with Crippen molar-refractivity contribution in [2.75, 3.05) is 25.0 Å². The van der Waals surface area contributed by atoms with Gasteiger partial charge in [0.15, 0.2) is 0 Å². The topological polar surface area (TPSA) is 61.4 Å². The van der Waals surface area contributed by atoms with Crippen LogP contribution in [0.5, 0.6) is 0 Å². The SMILES string of the molecule is CCNC(=O)C1CN(C(=O)Nc2cccc3ccccc23)C1. The second kappa shape index (κ2) is 6.05. The van der Waals surface area contributed by atoms with E-state index in [1.54, 1.807) is 4.90 Å². The van der Waals surface area contributed by atoms with Crippen molar-refractivity contribution in [1.29, 1.82) is 0 Å². The maximum Gasteiger partial charge on any atom is 0.321 e. The highest BCUT2D eigenvalue weighted by atomic mass is 16.2. The molecule has 1 heterocycles. The van der Waals surface area contributed by atoms with E-state index in [-0.39, 0.29) is 17.9 Å². The lowest BCUT2D eigenvalue weighted by Crippen LogP contribution is -2.56. The van der Waals surface area contributed by atoms with E-state index in [0.717, 1.165) is 16.5 Å². The number of carbonyl (C=O) groups is 2. The van der Waals surface area contributed by atoms with E-state index < -0.39 is 0 Å². The van der Waals surface area contributed by atoms with E-state index in [1.807, 2.05) is 49.4 Å². The van der Waals surface area contributed by atoms with Crippen LogP contribution in [-0.4, -0.2) is 36.5 Å². The lowest BCUT2D eigenvalue weighted by Gasteiger charge is -2.38. The van der Waals surface area contributed by atoms with Crippen molar-refractivity contribution < 1.29 is 9.59 Å². The molecule has 114 valence electrons. The quantitative estimate of drug-likeness (QED) is 0.914. The Morgan fingerprint density at radius 2 is 1.86 bits per heavy atom. The highest BCUT2D eigenvalue weighted by Gasteiger charge is 2.35. The first-order valence-electron chi connectivity index (χ1n) is 7.50.